The molecule has 1 aromatic rings. The summed E-state index contributed by atoms with van der Waals surface area (Å²) in [6.45, 7) is 6.04. The number of ether oxygens (including phenoxy) is 3. The lowest BCUT2D eigenvalue weighted by atomic mass is 9.94. The zero-order valence-corrected chi connectivity index (χ0v) is 14.1. The first-order chi connectivity index (χ1) is 10.3. The van der Waals surface area contributed by atoms with E-state index in [1.807, 2.05) is 39.0 Å². The molecule has 0 aliphatic carbocycles. The van der Waals surface area contributed by atoms with Crippen LogP contribution >= 0.6 is 0 Å². The molecule has 0 bridgehead atoms. The van der Waals surface area contributed by atoms with Crippen molar-refractivity contribution in [1.29, 1.82) is 0 Å². The summed E-state index contributed by atoms with van der Waals surface area (Å²) in [5.41, 5.74) is 6.43. The van der Waals surface area contributed by atoms with E-state index in [1.165, 1.54) is 0 Å². The van der Waals surface area contributed by atoms with Gasteiger partial charge in [0.05, 0.1) is 14.2 Å². The standard InChI is InChI=1S/C17H27NO4/c1-17(2,3)22-16(19)9-7-13(11-18)12-6-8-14(20-4)15(10-12)21-5/h6,8,10,13H,7,9,11,18H2,1-5H3/t13-/m1/s1. The second-order valence-electron chi connectivity index (χ2n) is 6.17. The Balaban J connectivity index is 2.74. The first kappa shape index (κ1) is 18.3. The Hall–Kier alpha value is -1.75. The molecule has 0 saturated heterocycles. The molecule has 2 N–H and O–H groups in total. The molecule has 0 saturated carbocycles. The Bertz CT molecular complexity index is 494. The third-order valence-electron chi connectivity index (χ3n) is 3.28. The fourth-order valence-corrected chi connectivity index (χ4v) is 2.21. The monoisotopic (exact) mass is 309 g/mol. The first-order valence-electron chi connectivity index (χ1n) is 7.44. The van der Waals surface area contributed by atoms with E-state index in [0.29, 0.717) is 30.9 Å². The molecule has 1 rings (SSSR count). The van der Waals surface area contributed by atoms with Crippen LogP contribution in [-0.4, -0.2) is 32.3 Å². The van der Waals surface area contributed by atoms with E-state index < -0.39 is 5.60 Å². The van der Waals surface area contributed by atoms with Gasteiger partial charge in [-0.1, -0.05) is 6.07 Å². The summed E-state index contributed by atoms with van der Waals surface area (Å²) in [5, 5.41) is 0. The molecule has 124 valence electrons. The van der Waals surface area contributed by atoms with Crippen LogP contribution < -0.4 is 15.2 Å². The lowest BCUT2D eigenvalue weighted by molar-refractivity contribution is -0.155. The molecular weight excluding hydrogens is 282 g/mol. The van der Waals surface area contributed by atoms with E-state index in [2.05, 4.69) is 0 Å². The number of rotatable bonds is 7. The Morgan fingerprint density at radius 1 is 1.18 bits per heavy atom. The number of carbonyl (C=O) groups is 1. The molecule has 5 nitrogen and oxygen atoms in total. The minimum absolute atomic E-state index is 0.0762. The van der Waals surface area contributed by atoms with Crippen molar-refractivity contribution in [3.05, 3.63) is 23.8 Å². The maximum absolute atomic E-state index is 11.8. The molecule has 0 aliphatic heterocycles. The van der Waals surface area contributed by atoms with Gasteiger partial charge in [-0.05, 0) is 57.4 Å². The average Bonchev–Trinajstić information content (AvgIpc) is 2.45. The molecule has 0 amide bonds. The number of benzene rings is 1. The van der Waals surface area contributed by atoms with Crippen molar-refractivity contribution >= 4 is 5.97 Å². The van der Waals surface area contributed by atoms with E-state index in [0.717, 1.165) is 5.56 Å². The van der Waals surface area contributed by atoms with Crippen LogP contribution in [0.15, 0.2) is 18.2 Å². The van der Waals surface area contributed by atoms with Crippen LogP contribution in [0.2, 0.25) is 0 Å². The predicted molar refractivity (Wildman–Crippen MR) is 86.4 cm³/mol. The lowest BCUT2D eigenvalue weighted by Gasteiger charge is -2.21. The summed E-state index contributed by atoms with van der Waals surface area (Å²) >= 11 is 0. The van der Waals surface area contributed by atoms with Crippen molar-refractivity contribution in [2.75, 3.05) is 20.8 Å². The number of esters is 1. The Morgan fingerprint density at radius 3 is 2.32 bits per heavy atom. The van der Waals surface area contributed by atoms with Gasteiger partial charge in [-0.3, -0.25) is 4.79 Å². The minimum Gasteiger partial charge on any atom is -0.493 e. The van der Waals surface area contributed by atoms with E-state index in [-0.39, 0.29) is 11.9 Å². The second kappa shape index (κ2) is 8.03. The lowest BCUT2D eigenvalue weighted by Crippen LogP contribution is -2.24. The Morgan fingerprint density at radius 2 is 1.82 bits per heavy atom. The van der Waals surface area contributed by atoms with E-state index in [4.69, 9.17) is 19.9 Å². The molecule has 0 aliphatic rings. The third-order valence-corrected chi connectivity index (χ3v) is 3.28. The maximum atomic E-state index is 11.8. The van der Waals surface area contributed by atoms with Gasteiger partial charge in [0.25, 0.3) is 0 Å². The van der Waals surface area contributed by atoms with Crippen LogP contribution in [0.4, 0.5) is 0 Å². The summed E-state index contributed by atoms with van der Waals surface area (Å²) in [7, 11) is 3.19. The fourth-order valence-electron chi connectivity index (χ4n) is 2.21. The van der Waals surface area contributed by atoms with Crippen LogP contribution in [0.5, 0.6) is 11.5 Å². The summed E-state index contributed by atoms with van der Waals surface area (Å²) in [6.07, 6.45) is 0.981. The van der Waals surface area contributed by atoms with Gasteiger partial charge in [-0.25, -0.2) is 0 Å². The molecule has 1 atom stereocenters. The van der Waals surface area contributed by atoms with Crippen LogP contribution in [-0.2, 0) is 9.53 Å². The molecule has 0 heterocycles. The molecule has 0 aromatic heterocycles. The SMILES string of the molecule is COc1ccc([C@@H](CN)CCC(=O)OC(C)(C)C)cc1OC. The molecule has 0 unspecified atom stereocenters. The van der Waals surface area contributed by atoms with Crippen molar-refractivity contribution in [3.63, 3.8) is 0 Å². The van der Waals surface area contributed by atoms with Gasteiger partial charge in [-0.2, -0.15) is 0 Å². The van der Waals surface area contributed by atoms with Gasteiger partial charge in [0.2, 0.25) is 0 Å². The highest BCUT2D eigenvalue weighted by molar-refractivity contribution is 5.69. The maximum Gasteiger partial charge on any atom is 0.306 e. The minimum atomic E-state index is -0.460. The van der Waals surface area contributed by atoms with Crippen LogP contribution in [0, 0.1) is 0 Å². The van der Waals surface area contributed by atoms with Crippen molar-refractivity contribution in [2.24, 2.45) is 5.73 Å². The predicted octanol–water partition coefficient (Wildman–Crippen LogP) is 2.87. The molecule has 5 heteroatoms. The molecule has 0 spiro atoms. The van der Waals surface area contributed by atoms with Gasteiger partial charge in [0, 0.05) is 6.42 Å². The van der Waals surface area contributed by atoms with Crippen LogP contribution in [0.25, 0.3) is 0 Å². The largest absolute Gasteiger partial charge is 0.493 e. The van der Waals surface area contributed by atoms with Crippen molar-refractivity contribution in [3.8, 4) is 11.5 Å². The number of nitrogens with two attached hydrogens (primary N) is 1. The van der Waals surface area contributed by atoms with Crippen molar-refractivity contribution in [2.45, 2.75) is 45.1 Å². The highest BCUT2D eigenvalue weighted by atomic mass is 16.6. The van der Waals surface area contributed by atoms with E-state index in [1.54, 1.807) is 14.2 Å². The number of hydrogen-bond acceptors (Lipinski definition) is 5. The fraction of sp³-hybridized carbons (Fsp3) is 0.588. The smallest absolute Gasteiger partial charge is 0.306 e. The van der Waals surface area contributed by atoms with Gasteiger partial charge < -0.3 is 19.9 Å². The number of methoxy groups -OCH3 is 2. The zero-order valence-electron chi connectivity index (χ0n) is 14.1. The van der Waals surface area contributed by atoms with Gasteiger partial charge in [0.15, 0.2) is 11.5 Å². The van der Waals surface area contributed by atoms with E-state index in [9.17, 15) is 4.79 Å². The topological polar surface area (TPSA) is 70.8 Å². The third kappa shape index (κ3) is 5.56. The Labute approximate surface area is 132 Å². The van der Waals surface area contributed by atoms with E-state index >= 15 is 0 Å². The number of carbonyl (C=O) groups excluding carboxylic acids is 1. The quantitative estimate of drug-likeness (QED) is 0.784. The zero-order chi connectivity index (χ0) is 16.8. The Kier molecular flexibility index (Phi) is 6.68. The highest BCUT2D eigenvalue weighted by Crippen LogP contribution is 2.32. The van der Waals surface area contributed by atoms with Gasteiger partial charge in [0.1, 0.15) is 5.60 Å². The molecule has 1 aromatic carbocycles. The molecule has 0 fully saturated rings. The van der Waals surface area contributed by atoms with Crippen LogP contribution in [0.3, 0.4) is 0 Å². The normalized spacial score (nSPS) is 12.6. The summed E-state index contributed by atoms with van der Waals surface area (Å²) in [6, 6.07) is 5.71. The molecular formula is C17H27NO4. The second-order valence-corrected chi connectivity index (χ2v) is 6.17. The molecule has 22 heavy (non-hydrogen) atoms. The van der Waals surface area contributed by atoms with Gasteiger partial charge >= 0.3 is 5.97 Å². The summed E-state index contributed by atoms with van der Waals surface area (Å²) < 4.78 is 15.9. The number of hydrogen-bond donors (Lipinski definition) is 1. The molecule has 0 radical (unpaired) electrons. The average molecular weight is 309 g/mol. The summed E-state index contributed by atoms with van der Waals surface area (Å²) in [4.78, 5) is 11.8. The first-order valence-corrected chi connectivity index (χ1v) is 7.44. The van der Waals surface area contributed by atoms with Gasteiger partial charge in [-0.15, -0.1) is 0 Å². The van der Waals surface area contributed by atoms with Crippen molar-refractivity contribution < 1.29 is 19.0 Å². The highest BCUT2D eigenvalue weighted by Gasteiger charge is 2.19. The summed E-state index contributed by atoms with van der Waals surface area (Å²) in [5.74, 6) is 1.21. The van der Waals surface area contributed by atoms with Crippen molar-refractivity contribution in [1.82, 2.24) is 0 Å². The van der Waals surface area contributed by atoms with Crippen LogP contribution in [0.1, 0.15) is 45.1 Å².